The van der Waals surface area contributed by atoms with Crippen LogP contribution in [0.4, 0.5) is 0 Å². The van der Waals surface area contributed by atoms with E-state index in [1.807, 2.05) is 13.8 Å². The number of methoxy groups -OCH3 is 1. The Labute approximate surface area is 129 Å². The van der Waals surface area contributed by atoms with Gasteiger partial charge in [0, 0.05) is 32.2 Å². The molecule has 1 saturated heterocycles. The summed E-state index contributed by atoms with van der Waals surface area (Å²) in [6.45, 7) is 5.78. The summed E-state index contributed by atoms with van der Waals surface area (Å²) in [7, 11) is 1.63. The second kappa shape index (κ2) is 5.98. The molecule has 7 nitrogen and oxygen atoms in total. The Kier molecular flexibility index (Phi) is 4.20. The van der Waals surface area contributed by atoms with E-state index in [0.29, 0.717) is 38.4 Å². The first-order valence-corrected chi connectivity index (χ1v) is 7.72. The highest BCUT2D eigenvalue weighted by atomic mass is 16.5. The van der Waals surface area contributed by atoms with Crippen molar-refractivity contribution in [2.45, 2.75) is 45.1 Å². The fraction of sp³-hybridized carbons (Fsp3) is 0.733. The minimum atomic E-state index is -0.406. The van der Waals surface area contributed by atoms with Crippen molar-refractivity contribution in [3.63, 3.8) is 0 Å². The molecular formula is C15H23N3O4. The van der Waals surface area contributed by atoms with E-state index in [1.165, 1.54) is 0 Å². The van der Waals surface area contributed by atoms with Crippen molar-refractivity contribution >= 4 is 5.91 Å². The number of ether oxygens (including phenoxy) is 2. The van der Waals surface area contributed by atoms with Crippen LogP contribution in [0.25, 0.3) is 0 Å². The Morgan fingerprint density at radius 3 is 2.82 bits per heavy atom. The summed E-state index contributed by atoms with van der Waals surface area (Å²) in [5.74, 6) is -0.0588. The van der Waals surface area contributed by atoms with Gasteiger partial charge < -0.3 is 19.5 Å². The van der Waals surface area contributed by atoms with Crippen molar-refractivity contribution in [1.82, 2.24) is 14.7 Å². The molecule has 0 unspecified atom stereocenters. The van der Waals surface area contributed by atoms with Crippen LogP contribution in [-0.2, 0) is 22.4 Å². The number of carbonyl (C=O) groups is 1. The molecule has 122 valence electrons. The Hall–Kier alpha value is -1.44. The van der Waals surface area contributed by atoms with Gasteiger partial charge in [-0.15, -0.1) is 0 Å². The number of hydrogen-bond acceptors (Lipinski definition) is 5. The number of likely N-dealkylation sites (tertiary alicyclic amines) is 1. The van der Waals surface area contributed by atoms with Gasteiger partial charge in [0.15, 0.2) is 0 Å². The summed E-state index contributed by atoms with van der Waals surface area (Å²) in [5.41, 5.74) is 2.45. The summed E-state index contributed by atoms with van der Waals surface area (Å²) in [4.78, 5) is 14.4. The van der Waals surface area contributed by atoms with Gasteiger partial charge in [0.1, 0.15) is 5.69 Å². The molecule has 2 aliphatic heterocycles. The molecule has 0 radical (unpaired) electrons. The second-order valence-electron chi connectivity index (χ2n) is 6.09. The number of carbonyl (C=O) groups excluding carboxylic acids is 1. The van der Waals surface area contributed by atoms with Gasteiger partial charge in [-0.3, -0.25) is 9.48 Å². The molecule has 22 heavy (non-hydrogen) atoms. The lowest BCUT2D eigenvalue weighted by molar-refractivity contribution is -0.00770. The first kappa shape index (κ1) is 15.5. The third-order valence-corrected chi connectivity index (χ3v) is 4.25. The first-order chi connectivity index (χ1) is 10.5. The van der Waals surface area contributed by atoms with E-state index >= 15 is 0 Å². The zero-order valence-electron chi connectivity index (χ0n) is 13.3. The third-order valence-electron chi connectivity index (χ3n) is 4.25. The lowest BCUT2D eigenvalue weighted by Gasteiger charge is -2.36. The van der Waals surface area contributed by atoms with Gasteiger partial charge in [-0.25, -0.2) is 0 Å². The number of rotatable bonds is 4. The molecule has 1 aromatic rings. The van der Waals surface area contributed by atoms with Gasteiger partial charge in [-0.05, 0) is 13.8 Å². The summed E-state index contributed by atoms with van der Waals surface area (Å²) in [6, 6.07) is 0. The number of β-amino-alcohol motifs (C(OH)–C–C–N with tert-alkyl or cyclic N) is 1. The Bertz CT molecular complexity index is 565. The molecule has 0 saturated carbocycles. The van der Waals surface area contributed by atoms with Gasteiger partial charge >= 0.3 is 0 Å². The van der Waals surface area contributed by atoms with Crippen LogP contribution in [0.1, 0.15) is 41.7 Å². The molecule has 1 amide bonds. The average molecular weight is 309 g/mol. The number of nitrogens with zero attached hydrogens (tertiary/aromatic N) is 3. The fourth-order valence-electron chi connectivity index (χ4n) is 3.14. The predicted octanol–water partition coefficient (Wildman–Crippen LogP) is 0.368. The van der Waals surface area contributed by atoms with Crippen LogP contribution >= 0.6 is 0 Å². The van der Waals surface area contributed by atoms with Crippen LogP contribution in [0.5, 0.6) is 0 Å². The maximum atomic E-state index is 12.8. The first-order valence-electron chi connectivity index (χ1n) is 7.72. The van der Waals surface area contributed by atoms with Crippen LogP contribution in [0.15, 0.2) is 0 Å². The van der Waals surface area contributed by atoms with E-state index in [4.69, 9.17) is 9.47 Å². The zero-order chi connectivity index (χ0) is 15.9. The minimum absolute atomic E-state index is 0.0588. The zero-order valence-corrected chi connectivity index (χ0v) is 13.3. The van der Waals surface area contributed by atoms with Crippen molar-refractivity contribution < 1.29 is 19.4 Å². The van der Waals surface area contributed by atoms with Gasteiger partial charge in [0.2, 0.25) is 0 Å². The second-order valence-corrected chi connectivity index (χ2v) is 6.09. The molecule has 1 fully saturated rings. The van der Waals surface area contributed by atoms with Crippen LogP contribution < -0.4 is 0 Å². The van der Waals surface area contributed by atoms with Crippen molar-refractivity contribution in [2.75, 3.05) is 26.8 Å². The maximum absolute atomic E-state index is 12.8. The van der Waals surface area contributed by atoms with E-state index < -0.39 is 6.10 Å². The smallest absolute Gasteiger partial charge is 0.272 e. The number of aromatic nitrogens is 2. The number of aliphatic hydroxyl groups is 1. The van der Waals surface area contributed by atoms with E-state index in [-0.39, 0.29) is 18.1 Å². The van der Waals surface area contributed by atoms with Gasteiger partial charge in [0.25, 0.3) is 5.91 Å². The third kappa shape index (κ3) is 2.64. The van der Waals surface area contributed by atoms with E-state index in [1.54, 1.807) is 16.7 Å². The quantitative estimate of drug-likeness (QED) is 0.869. The maximum Gasteiger partial charge on any atom is 0.272 e. The Morgan fingerprint density at radius 1 is 1.45 bits per heavy atom. The Balaban J connectivity index is 1.96. The Morgan fingerprint density at radius 2 is 2.18 bits per heavy atom. The normalized spacial score (nSPS) is 25.0. The summed E-state index contributed by atoms with van der Waals surface area (Å²) in [5, 5.41) is 14.0. The predicted molar refractivity (Wildman–Crippen MR) is 78.7 cm³/mol. The average Bonchev–Trinajstić information content (AvgIpc) is 2.79. The molecular weight excluding hydrogens is 286 g/mol. The van der Waals surface area contributed by atoms with Gasteiger partial charge in [-0.2, -0.15) is 5.10 Å². The minimum Gasteiger partial charge on any atom is -0.389 e. The fourth-order valence-corrected chi connectivity index (χ4v) is 3.14. The van der Waals surface area contributed by atoms with E-state index in [2.05, 4.69) is 5.10 Å². The van der Waals surface area contributed by atoms with Crippen molar-refractivity contribution in [3.05, 3.63) is 17.0 Å². The summed E-state index contributed by atoms with van der Waals surface area (Å²) < 4.78 is 12.7. The molecule has 0 aromatic carbocycles. The number of fused-ring (bicyclic) bond motifs is 1. The largest absolute Gasteiger partial charge is 0.389 e. The molecule has 1 N–H and O–H groups in total. The molecule has 1 aromatic heterocycles. The molecule has 2 atom stereocenters. The highest BCUT2D eigenvalue weighted by Crippen LogP contribution is 2.32. The van der Waals surface area contributed by atoms with Crippen LogP contribution in [0, 0.1) is 0 Å². The molecule has 3 heterocycles. The summed E-state index contributed by atoms with van der Waals surface area (Å²) in [6.07, 6.45) is 0.230. The molecule has 7 heteroatoms. The number of amides is 1. The SMILES string of the molecule is COCCn1nc2c(c1C(=O)N1CC(O)C1)C[C@H](C)O[C@@H]2C. The highest BCUT2D eigenvalue weighted by molar-refractivity contribution is 5.95. The number of aliphatic hydroxyl groups excluding tert-OH is 1. The van der Waals surface area contributed by atoms with Crippen molar-refractivity contribution in [3.8, 4) is 0 Å². The summed E-state index contributed by atoms with van der Waals surface area (Å²) >= 11 is 0. The van der Waals surface area contributed by atoms with E-state index in [0.717, 1.165) is 11.3 Å². The van der Waals surface area contributed by atoms with Gasteiger partial charge in [0.05, 0.1) is 37.2 Å². The lowest BCUT2D eigenvalue weighted by Crippen LogP contribution is -2.54. The van der Waals surface area contributed by atoms with Crippen LogP contribution in [0.3, 0.4) is 0 Å². The van der Waals surface area contributed by atoms with Crippen LogP contribution in [0.2, 0.25) is 0 Å². The topological polar surface area (TPSA) is 76.8 Å². The van der Waals surface area contributed by atoms with E-state index in [9.17, 15) is 9.90 Å². The molecule has 0 aliphatic carbocycles. The molecule has 0 bridgehead atoms. The van der Waals surface area contributed by atoms with Gasteiger partial charge in [-0.1, -0.05) is 0 Å². The lowest BCUT2D eigenvalue weighted by atomic mass is 9.98. The van der Waals surface area contributed by atoms with Crippen LogP contribution in [-0.4, -0.2) is 64.7 Å². The highest BCUT2D eigenvalue weighted by Gasteiger charge is 2.37. The standard InChI is InChI=1S/C15H23N3O4/c1-9-6-12-13(10(2)22-9)16-18(4-5-21-3)14(12)15(20)17-7-11(19)8-17/h9-11,19H,4-8H2,1-3H3/t9-,10+/m0/s1. The molecule has 2 aliphatic rings. The molecule has 0 spiro atoms. The van der Waals surface area contributed by atoms with Crippen molar-refractivity contribution in [1.29, 1.82) is 0 Å². The molecule has 3 rings (SSSR count). The number of hydrogen-bond donors (Lipinski definition) is 1. The monoisotopic (exact) mass is 309 g/mol. The van der Waals surface area contributed by atoms with Crippen molar-refractivity contribution in [2.24, 2.45) is 0 Å².